The summed E-state index contributed by atoms with van der Waals surface area (Å²) in [5.41, 5.74) is 0. The first-order chi connectivity index (χ1) is 7.38. The van der Waals surface area contributed by atoms with E-state index in [1.807, 2.05) is 0 Å². The van der Waals surface area contributed by atoms with Gasteiger partial charge in [0.25, 0.3) is 0 Å². The van der Waals surface area contributed by atoms with Gasteiger partial charge in [0.05, 0.1) is 12.7 Å². The third-order valence-electron chi connectivity index (χ3n) is 3.00. The number of rotatable bonds is 4. The maximum atomic E-state index is 5.19. The van der Waals surface area contributed by atoms with Crippen LogP contribution in [0.1, 0.15) is 25.5 Å². The van der Waals surface area contributed by atoms with Crippen molar-refractivity contribution in [3.63, 3.8) is 0 Å². The van der Waals surface area contributed by atoms with E-state index in [0.717, 1.165) is 25.4 Å². The fourth-order valence-corrected chi connectivity index (χ4v) is 2.08. The lowest BCUT2D eigenvalue weighted by Crippen LogP contribution is -2.45. The number of hydrogen-bond donors (Lipinski definition) is 1. The summed E-state index contributed by atoms with van der Waals surface area (Å²) in [4.78, 5) is 6.39. The lowest BCUT2D eigenvalue weighted by Gasteiger charge is -2.32. The van der Waals surface area contributed by atoms with Gasteiger partial charge in [-0.25, -0.2) is 4.98 Å². The summed E-state index contributed by atoms with van der Waals surface area (Å²) >= 11 is 0. The van der Waals surface area contributed by atoms with Gasteiger partial charge in [0.2, 0.25) is 0 Å². The lowest BCUT2D eigenvalue weighted by atomic mass is 10.1. The summed E-state index contributed by atoms with van der Waals surface area (Å²) in [6.07, 6.45) is 5.82. The van der Waals surface area contributed by atoms with Crippen molar-refractivity contribution in [3.8, 4) is 0 Å². The number of aromatic nitrogens is 1. The Labute approximate surface area is 90.7 Å². The smallest absolute Gasteiger partial charge is 0.180 e. The zero-order valence-corrected chi connectivity index (χ0v) is 9.28. The monoisotopic (exact) mass is 209 g/mol. The van der Waals surface area contributed by atoms with Gasteiger partial charge in [-0.1, -0.05) is 6.92 Å². The number of likely N-dealkylation sites (N-methyl/N-ethyl adjacent to an activating group) is 1. The van der Waals surface area contributed by atoms with Crippen LogP contribution in [-0.4, -0.2) is 35.6 Å². The quantitative estimate of drug-likeness (QED) is 0.810. The number of hydrogen-bond acceptors (Lipinski definition) is 4. The SMILES string of the molecule is CCN1CCCC(NCc2cnco2)C1. The molecule has 1 aliphatic heterocycles. The summed E-state index contributed by atoms with van der Waals surface area (Å²) < 4.78 is 5.19. The van der Waals surface area contributed by atoms with Gasteiger partial charge in [-0.05, 0) is 25.9 Å². The molecule has 84 valence electrons. The molecule has 0 radical (unpaired) electrons. The highest BCUT2D eigenvalue weighted by atomic mass is 16.3. The summed E-state index contributed by atoms with van der Waals surface area (Å²) in [6, 6.07) is 0.601. The van der Waals surface area contributed by atoms with Crippen molar-refractivity contribution in [2.24, 2.45) is 0 Å². The van der Waals surface area contributed by atoms with Gasteiger partial charge >= 0.3 is 0 Å². The topological polar surface area (TPSA) is 41.3 Å². The molecule has 1 N–H and O–H groups in total. The van der Waals surface area contributed by atoms with Crippen molar-refractivity contribution in [3.05, 3.63) is 18.4 Å². The highest BCUT2D eigenvalue weighted by Crippen LogP contribution is 2.10. The molecular formula is C11H19N3O. The van der Waals surface area contributed by atoms with Gasteiger partial charge in [-0.2, -0.15) is 0 Å². The Kier molecular flexibility index (Phi) is 3.75. The Morgan fingerprint density at radius 2 is 2.60 bits per heavy atom. The summed E-state index contributed by atoms with van der Waals surface area (Å²) in [6.45, 7) is 6.57. The number of piperidine rings is 1. The Morgan fingerprint density at radius 1 is 1.67 bits per heavy atom. The van der Waals surface area contributed by atoms with Crippen LogP contribution in [-0.2, 0) is 6.54 Å². The van der Waals surface area contributed by atoms with E-state index in [9.17, 15) is 0 Å². The van der Waals surface area contributed by atoms with Gasteiger partial charge < -0.3 is 14.6 Å². The van der Waals surface area contributed by atoms with Crippen LogP contribution >= 0.6 is 0 Å². The molecule has 0 bridgehead atoms. The molecule has 4 heteroatoms. The molecule has 0 saturated carbocycles. The average Bonchev–Trinajstić information content (AvgIpc) is 2.79. The summed E-state index contributed by atoms with van der Waals surface area (Å²) in [5.74, 6) is 0.920. The molecule has 1 aromatic heterocycles. The second-order valence-electron chi connectivity index (χ2n) is 4.08. The van der Waals surface area contributed by atoms with Crippen LogP contribution in [0, 0.1) is 0 Å². The van der Waals surface area contributed by atoms with Crippen molar-refractivity contribution in [2.45, 2.75) is 32.4 Å². The van der Waals surface area contributed by atoms with E-state index >= 15 is 0 Å². The van der Waals surface area contributed by atoms with Crippen LogP contribution in [0.4, 0.5) is 0 Å². The molecule has 0 aliphatic carbocycles. The molecule has 0 spiro atoms. The van der Waals surface area contributed by atoms with Gasteiger partial charge in [0.15, 0.2) is 6.39 Å². The van der Waals surface area contributed by atoms with E-state index in [2.05, 4.69) is 22.1 Å². The normalized spacial score (nSPS) is 23.1. The third kappa shape index (κ3) is 3.04. The van der Waals surface area contributed by atoms with Crippen LogP contribution in [0.5, 0.6) is 0 Å². The zero-order valence-electron chi connectivity index (χ0n) is 9.28. The zero-order chi connectivity index (χ0) is 10.5. The largest absolute Gasteiger partial charge is 0.447 e. The van der Waals surface area contributed by atoms with Crippen molar-refractivity contribution < 1.29 is 4.42 Å². The first-order valence-corrected chi connectivity index (χ1v) is 5.71. The van der Waals surface area contributed by atoms with E-state index in [4.69, 9.17) is 4.42 Å². The van der Waals surface area contributed by atoms with Crippen LogP contribution in [0.3, 0.4) is 0 Å². The van der Waals surface area contributed by atoms with E-state index in [1.54, 1.807) is 6.20 Å². The maximum absolute atomic E-state index is 5.19. The molecule has 1 aromatic rings. The van der Waals surface area contributed by atoms with E-state index < -0.39 is 0 Å². The Bertz CT molecular complexity index is 273. The van der Waals surface area contributed by atoms with Crippen LogP contribution < -0.4 is 5.32 Å². The molecule has 1 saturated heterocycles. The van der Waals surface area contributed by atoms with Crippen molar-refractivity contribution in [2.75, 3.05) is 19.6 Å². The molecule has 0 aromatic carbocycles. The van der Waals surface area contributed by atoms with Crippen LogP contribution in [0.15, 0.2) is 17.0 Å². The second-order valence-corrected chi connectivity index (χ2v) is 4.08. The highest BCUT2D eigenvalue weighted by molar-refractivity contribution is 4.89. The fourth-order valence-electron chi connectivity index (χ4n) is 2.08. The third-order valence-corrected chi connectivity index (χ3v) is 3.00. The number of likely N-dealkylation sites (tertiary alicyclic amines) is 1. The lowest BCUT2D eigenvalue weighted by molar-refractivity contribution is 0.196. The molecule has 1 fully saturated rings. The second kappa shape index (κ2) is 5.28. The molecule has 2 heterocycles. The summed E-state index contributed by atoms with van der Waals surface area (Å²) in [7, 11) is 0. The minimum absolute atomic E-state index is 0.601. The highest BCUT2D eigenvalue weighted by Gasteiger charge is 2.18. The molecule has 0 amide bonds. The van der Waals surface area contributed by atoms with Gasteiger partial charge in [-0.3, -0.25) is 0 Å². The Balaban J connectivity index is 1.74. The predicted molar refractivity (Wildman–Crippen MR) is 58.5 cm³/mol. The van der Waals surface area contributed by atoms with Crippen molar-refractivity contribution >= 4 is 0 Å². The van der Waals surface area contributed by atoms with E-state index in [0.29, 0.717) is 6.04 Å². The first kappa shape index (κ1) is 10.6. The standard InChI is InChI=1S/C11H19N3O/c1-2-14-5-3-4-10(8-14)13-7-11-6-12-9-15-11/h6,9-10,13H,2-5,7-8H2,1H3. The first-order valence-electron chi connectivity index (χ1n) is 5.71. The Morgan fingerprint density at radius 3 is 3.33 bits per heavy atom. The minimum atomic E-state index is 0.601. The molecule has 4 nitrogen and oxygen atoms in total. The minimum Gasteiger partial charge on any atom is -0.447 e. The van der Waals surface area contributed by atoms with Gasteiger partial charge in [0.1, 0.15) is 5.76 Å². The number of nitrogens with zero attached hydrogens (tertiary/aromatic N) is 2. The number of nitrogens with one attached hydrogen (secondary N) is 1. The Hall–Kier alpha value is -0.870. The van der Waals surface area contributed by atoms with Gasteiger partial charge in [-0.15, -0.1) is 0 Å². The van der Waals surface area contributed by atoms with Crippen molar-refractivity contribution in [1.29, 1.82) is 0 Å². The molecule has 1 unspecified atom stereocenters. The van der Waals surface area contributed by atoms with E-state index in [1.165, 1.54) is 25.8 Å². The number of oxazole rings is 1. The molecule has 1 atom stereocenters. The fraction of sp³-hybridized carbons (Fsp3) is 0.727. The van der Waals surface area contributed by atoms with E-state index in [-0.39, 0.29) is 0 Å². The molecule has 15 heavy (non-hydrogen) atoms. The van der Waals surface area contributed by atoms with Gasteiger partial charge in [0, 0.05) is 12.6 Å². The maximum Gasteiger partial charge on any atom is 0.180 e. The predicted octanol–water partition coefficient (Wildman–Crippen LogP) is 1.25. The van der Waals surface area contributed by atoms with Crippen molar-refractivity contribution in [1.82, 2.24) is 15.2 Å². The average molecular weight is 209 g/mol. The van der Waals surface area contributed by atoms with Crippen LogP contribution in [0.25, 0.3) is 0 Å². The molecule has 1 aliphatic rings. The molecular weight excluding hydrogens is 190 g/mol. The summed E-state index contributed by atoms with van der Waals surface area (Å²) in [5, 5.41) is 3.51. The van der Waals surface area contributed by atoms with Crippen LogP contribution in [0.2, 0.25) is 0 Å². The molecule has 2 rings (SSSR count).